The van der Waals surface area contributed by atoms with Crippen LogP contribution >= 0.6 is 0 Å². The second-order valence-electron chi connectivity index (χ2n) is 5.39. The van der Waals surface area contributed by atoms with Crippen molar-refractivity contribution >= 4 is 22.6 Å². The molecule has 0 fully saturated rings. The molecule has 0 aliphatic carbocycles. The maximum atomic E-state index is 12.4. The number of aromatic hydroxyl groups is 1. The van der Waals surface area contributed by atoms with Crippen molar-refractivity contribution in [2.24, 2.45) is 12.1 Å². The topological polar surface area (TPSA) is 79.5 Å². The molecule has 6 heteroatoms. The number of hydrogen-bond donors (Lipinski definition) is 2. The van der Waals surface area contributed by atoms with Crippen molar-refractivity contribution in [3.63, 3.8) is 0 Å². The Labute approximate surface area is 139 Å². The molecule has 0 radical (unpaired) electrons. The molecule has 6 nitrogen and oxygen atoms in total. The molecule has 0 amide bonds. The standard InChI is InChI=1S/C18H18N4O2/c1-3-15(12-8-10-13(23)11-9-12)20-21-18-19-16-7-5-4-6-14(16)17(24)22(18)2/h4-11,23H,3H2,1-2H3,(H,19,21). The summed E-state index contributed by atoms with van der Waals surface area (Å²) in [7, 11) is 1.66. The summed E-state index contributed by atoms with van der Waals surface area (Å²) >= 11 is 0. The van der Waals surface area contributed by atoms with E-state index >= 15 is 0 Å². The molecule has 0 aliphatic heterocycles. The van der Waals surface area contributed by atoms with Gasteiger partial charge in [0.2, 0.25) is 5.95 Å². The predicted molar refractivity (Wildman–Crippen MR) is 95.5 cm³/mol. The van der Waals surface area contributed by atoms with Crippen molar-refractivity contribution in [3.8, 4) is 5.75 Å². The van der Waals surface area contributed by atoms with Gasteiger partial charge in [-0.25, -0.2) is 10.4 Å². The first-order valence-electron chi connectivity index (χ1n) is 7.68. The molecule has 1 aromatic heterocycles. The molecule has 0 saturated carbocycles. The highest BCUT2D eigenvalue weighted by Crippen LogP contribution is 2.13. The first-order valence-corrected chi connectivity index (χ1v) is 7.68. The zero-order valence-corrected chi connectivity index (χ0v) is 13.5. The molecule has 0 unspecified atom stereocenters. The molecule has 3 aromatic rings. The molecule has 0 bridgehead atoms. The first-order chi connectivity index (χ1) is 11.6. The van der Waals surface area contributed by atoms with Crippen molar-refractivity contribution in [3.05, 3.63) is 64.4 Å². The van der Waals surface area contributed by atoms with Gasteiger partial charge in [-0.3, -0.25) is 9.36 Å². The normalized spacial score (nSPS) is 11.7. The van der Waals surface area contributed by atoms with Crippen molar-refractivity contribution in [2.45, 2.75) is 13.3 Å². The Morgan fingerprint density at radius 2 is 1.92 bits per heavy atom. The second kappa shape index (κ2) is 6.54. The van der Waals surface area contributed by atoms with E-state index in [1.54, 1.807) is 43.4 Å². The van der Waals surface area contributed by atoms with Gasteiger partial charge in [-0.05, 0) is 48.4 Å². The third-order valence-electron chi connectivity index (χ3n) is 3.81. The van der Waals surface area contributed by atoms with Gasteiger partial charge in [0.05, 0.1) is 16.6 Å². The summed E-state index contributed by atoms with van der Waals surface area (Å²) in [6.07, 6.45) is 0.694. The van der Waals surface area contributed by atoms with Crippen LogP contribution in [0.1, 0.15) is 18.9 Å². The SMILES string of the molecule is CCC(=NNc1nc2ccccc2c(=O)n1C)c1ccc(O)cc1. The van der Waals surface area contributed by atoms with E-state index in [1.807, 2.05) is 19.1 Å². The van der Waals surface area contributed by atoms with Gasteiger partial charge < -0.3 is 5.11 Å². The molecular formula is C18H18N4O2. The molecule has 0 saturated heterocycles. The summed E-state index contributed by atoms with van der Waals surface area (Å²) in [5.41, 5.74) is 5.09. The Morgan fingerprint density at radius 1 is 1.21 bits per heavy atom. The third kappa shape index (κ3) is 2.99. The number of rotatable bonds is 4. The van der Waals surface area contributed by atoms with Gasteiger partial charge in [0.15, 0.2) is 0 Å². The maximum absolute atomic E-state index is 12.4. The highest BCUT2D eigenvalue weighted by molar-refractivity contribution is 6.00. The summed E-state index contributed by atoms with van der Waals surface area (Å²) < 4.78 is 1.44. The summed E-state index contributed by atoms with van der Waals surface area (Å²) in [5, 5.41) is 14.3. The largest absolute Gasteiger partial charge is 0.508 e. The average Bonchev–Trinajstić information content (AvgIpc) is 2.61. The van der Waals surface area contributed by atoms with E-state index in [-0.39, 0.29) is 11.3 Å². The number of phenolic OH excluding ortho intramolecular Hbond substituents is 1. The quantitative estimate of drug-likeness (QED) is 0.572. The Balaban J connectivity index is 1.98. The van der Waals surface area contributed by atoms with Crippen LogP contribution < -0.4 is 11.0 Å². The van der Waals surface area contributed by atoms with Crippen LogP contribution in [0.2, 0.25) is 0 Å². The maximum Gasteiger partial charge on any atom is 0.262 e. The summed E-state index contributed by atoms with van der Waals surface area (Å²) in [5.74, 6) is 0.587. The van der Waals surface area contributed by atoms with Crippen molar-refractivity contribution in [1.29, 1.82) is 0 Å². The number of phenols is 1. The monoisotopic (exact) mass is 322 g/mol. The van der Waals surface area contributed by atoms with E-state index < -0.39 is 0 Å². The predicted octanol–water partition coefficient (Wildman–Crippen LogP) is 2.87. The van der Waals surface area contributed by atoms with E-state index in [0.29, 0.717) is 23.3 Å². The number of fused-ring (bicyclic) bond motifs is 1. The molecule has 1 heterocycles. The lowest BCUT2D eigenvalue weighted by atomic mass is 10.1. The molecule has 0 spiro atoms. The molecule has 2 aromatic carbocycles. The van der Waals surface area contributed by atoms with E-state index in [4.69, 9.17) is 0 Å². The van der Waals surface area contributed by atoms with Gasteiger partial charge in [-0.2, -0.15) is 5.10 Å². The fourth-order valence-electron chi connectivity index (χ4n) is 2.44. The molecule has 3 rings (SSSR count). The number of hydrazone groups is 1. The smallest absolute Gasteiger partial charge is 0.262 e. The van der Waals surface area contributed by atoms with Crippen LogP contribution in [0.4, 0.5) is 5.95 Å². The minimum atomic E-state index is -0.124. The van der Waals surface area contributed by atoms with Crippen molar-refractivity contribution in [2.75, 3.05) is 5.43 Å². The molecule has 0 aliphatic rings. The molecular weight excluding hydrogens is 304 g/mol. The number of aromatic nitrogens is 2. The van der Waals surface area contributed by atoms with Crippen LogP contribution in [0.3, 0.4) is 0 Å². The van der Waals surface area contributed by atoms with E-state index in [2.05, 4.69) is 15.5 Å². The minimum Gasteiger partial charge on any atom is -0.508 e. The van der Waals surface area contributed by atoms with Crippen LogP contribution in [0.15, 0.2) is 58.4 Å². The summed E-state index contributed by atoms with van der Waals surface area (Å²) in [4.78, 5) is 16.8. The molecule has 2 N–H and O–H groups in total. The lowest BCUT2D eigenvalue weighted by Gasteiger charge is -2.10. The first kappa shape index (κ1) is 15.7. The van der Waals surface area contributed by atoms with E-state index in [1.165, 1.54) is 4.57 Å². The lowest BCUT2D eigenvalue weighted by Crippen LogP contribution is -2.21. The van der Waals surface area contributed by atoms with E-state index in [9.17, 15) is 9.90 Å². The van der Waals surface area contributed by atoms with Gasteiger partial charge in [-0.1, -0.05) is 19.1 Å². The molecule has 0 atom stereocenters. The van der Waals surface area contributed by atoms with Gasteiger partial charge in [0.1, 0.15) is 5.75 Å². The Hall–Kier alpha value is -3.15. The van der Waals surface area contributed by atoms with Gasteiger partial charge >= 0.3 is 0 Å². The number of nitrogens with one attached hydrogen (secondary N) is 1. The zero-order chi connectivity index (χ0) is 17.1. The molecule has 122 valence electrons. The average molecular weight is 322 g/mol. The zero-order valence-electron chi connectivity index (χ0n) is 13.5. The van der Waals surface area contributed by atoms with Gasteiger partial charge in [0.25, 0.3) is 5.56 Å². The number of benzene rings is 2. The number of para-hydroxylation sites is 1. The van der Waals surface area contributed by atoms with Crippen LogP contribution in [-0.2, 0) is 7.05 Å². The fourth-order valence-corrected chi connectivity index (χ4v) is 2.44. The third-order valence-corrected chi connectivity index (χ3v) is 3.81. The van der Waals surface area contributed by atoms with Gasteiger partial charge in [-0.15, -0.1) is 0 Å². The van der Waals surface area contributed by atoms with Crippen LogP contribution in [0.5, 0.6) is 5.75 Å². The summed E-state index contributed by atoms with van der Waals surface area (Å²) in [6.45, 7) is 1.99. The summed E-state index contributed by atoms with van der Waals surface area (Å²) in [6, 6.07) is 14.0. The number of anilines is 1. The Morgan fingerprint density at radius 3 is 2.62 bits per heavy atom. The minimum absolute atomic E-state index is 0.124. The second-order valence-corrected chi connectivity index (χ2v) is 5.39. The number of nitrogens with zero attached hydrogens (tertiary/aromatic N) is 3. The van der Waals surface area contributed by atoms with Crippen molar-refractivity contribution in [1.82, 2.24) is 9.55 Å². The molecule has 24 heavy (non-hydrogen) atoms. The van der Waals surface area contributed by atoms with Crippen LogP contribution in [-0.4, -0.2) is 20.4 Å². The van der Waals surface area contributed by atoms with Crippen molar-refractivity contribution < 1.29 is 5.11 Å². The fraction of sp³-hybridized carbons (Fsp3) is 0.167. The number of hydrogen-bond acceptors (Lipinski definition) is 5. The van der Waals surface area contributed by atoms with Crippen LogP contribution in [0, 0.1) is 0 Å². The highest BCUT2D eigenvalue weighted by Gasteiger charge is 2.08. The highest BCUT2D eigenvalue weighted by atomic mass is 16.3. The Bertz CT molecular complexity index is 959. The lowest BCUT2D eigenvalue weighted by molar-refractivity contribution is 0.475. The van der Waals surface area contributed by atoms with E-state index in [0.717, 1.165) is 11.3 Å². The van der Waals surface area contributed by atoms with Gasteiger partial charge in [0, 0.05) is 7.05 Å². The van der Waals surface area contributed by atoms with Crippen LogP contribution in [0.25, 0.3) is 10.9 Å². The Kier molecular flexibility index (Phi) is 4.29.